The van der Waals surface area contributed by atoms with Crippen LogP contribution in [0.1, 0.15) is 36.2 Å². The molecule has 0 spiro atoms. The summed E-state index contributed by atoms with van der Waals surface area (Å²) < 4.78 is 5.70. The minimum Gasteiger partial charge on any atom is -0.494 e. The average Bonchev–Trinajstić information content (AvgIpc) is 3.03. The third kappa shape index (κ3) is 4.58. The van der Waals surface area contributed by atoms with E-state index in [-0.39, 0.29) is 18.4 Å². The highest BCUT2D eigenvalue weighted by atomic mass is 16.5. The standard InChI is InChI=1S/C25H25N3O3/c1-17(2)13-14-31-20-11-9-18(10-12-20)15-26-27-23(29)16-28-22-8-4-6-19-5-3-7-21(24(19)22)25(28)30/h3-12,15,17H,13-14,16H2,1-2H3,(H,27,29)/b26-15+. The summed E-state index contributed by atoms with van der Waals surface area (Å²) in [5, 5.41) is 5.90. The summed E-state index contributed by atoms with van der Waals surface area (Å²) in [6, 6.07) is 18.8. The number of nitrogens with zero attached hydrogens (tertiary/aromatic N) is 2. The van der Waals surface area contributed by atoms with E-state index >= 15 is 0 Å². The molecule has 1 heterocycles. The summed E-state index contributed by atoms with van der Waals surface area (Å²) in [7, 11) is 0. The zero-order valence-electron chi connectivity index (χ0n) is 17.7. The van der Waals surface area contributed by atoms with Crippen LogP contribution in [0.2, 0.25) is 0 Å². The zero-order chi connectivity index (χ0) is 21.8. The molecule has 6 nitrogen and oxygen atoms in total. The lowest BCUT2D eigenvalue weighted by Gasteiger charge is -2.16. The van der Waals surface area contributed by atoms with Gasteiger partial charge in [-0.3, -0.25) is 14.5 Å². The molecule has 1 aliphatic rings. The maximum atomic E-state index is 12.7. The smallest absolute Gasteiger partial charge is 0.260 e. The molecule has 2 amide bonds. The van der Waals surface area contributed by atoms with Gasteiger partial charge in [0.15, 0.2) is 0 Å². The van der Waals surface area contributed by atoms with Gasteiger partial charge in [0.1, 0.15) is 12.3 Å². The number of carbonyl (C=O) groups excluding carboxylic acids is 2. The van der Waals surface area contributed by atoms with Crippen molar-refractivity contribution < 1.29 is 14.3 Å². The van der Waals surface area contributed by atoms with Crippen LogP contribution in [0.3, 0.4) is 0 Å². The van der Waals surface area contributed by atoms with E-state index in [4.69, 9.17) is 4.74 Å². The first kappa shape index (κ1) is 20.6. The zero-order valence-corrected chi connectivity index (χ0v) is 17.7. The van der Waals surface area contributed by atoms with Crippen LogP contribution in [0.4, 0.5) is 5.69 Å². The summed E-state index contributed by atoms with van der Waals surface area (Å²) >= 11 is 0. The van der Waals surface area contributed by atoms with Crippen molar-refractivity contribution in [3.63, 3.8) is 0 Å². The summed E-state index contributed by atoms with van der Waals surface area (Å²) in [5.74, 6) is 0.887. The van der Waals surface area contributed by atoms with Crippen molar-refractivity contribution in [3.05, 3.63) is 71.8 Å². The number of hydrogen-bond donors (Lipinski definition) is 1. The van der Waals surface area contributed by atoms with Crippen LogP contribution in [-0.4, -0.2) is 31.2 Å². The Morgan fingerprint density at radius 1 is 1.10 bits per heavy atom. The molecule has 0 unspecified atom stereocenters. The molecule has 0 saturated heterocycles. The van der Waals surface area contributed by atoms with E-state index in [1.165, 1.54) is 4.90 Å². The molecular formula is C25H25N3O3. The summed E-state index contributed by atoms with van der Waals surface area (Å²) in [6.45, 7) is 4.92. The van der Waals surface area contributed by atoms with E-state index in [2.05, 4.69) is 24.4 Å². The van der Waals surface area contributed by atoms with Crippen LogP contribution >= 0.6 is 0 Å². The Balaban J connectivity index is 1.33. The normalized spacial score (nSPS) is 12.9. The van der Waals surface area contributed by atoms with Crippen LogP contribution < -0.4 is 15.1 Å². The quantitative estimate of drug-likeness (QED) is 0.439. The minimum atomic E-state index is -0.358. The van der Waals surface area contributed by atoms with Gasteiger partial charge < -0.3 is 4.74 Å². The summed E-state index contributed by atoms with van der Waals surface area (Å²) in [4.78, 5) is 26.6. The fourth-order valence-corrected chi connectivity index (χ4v) is 3.56. The molecule has 0 aromatic heterocycles. The molecule has 3 aromatic carbocycles. The van der Waals surface area contributed by atoms with Crippen molar-refractivity contribution in [2.24, 2.45) is 11.0 Å². The SMILES string of the molecule is CC(C)CCOc1ccc(/C=N/NC(=O)CN2C(=O)c3cccc4cccc2c34)cc1. The highest BCUT2D eigenvalue weighted by Crippen LogP contribution is 2.36. The summed E-state index contributed by atoms with van der Waals surface area (Å²) in [5.41, 5.74) is 4.72. The molecule has 3 aromatic rings. The van der Waals surface area contributed by atoms with Crippen molar-refractivity contribution in [2.45, 2.75) is 20.3 Å². The predicted molar refractivity (Wildman–Crippen MR) is 123 cm³/mol. The molecular weight excluding hydrogens is 390 g/mol. The van der Waals surface area contributed by atoms with Crippen molar-refractivity contribution in [1.29, 1.82) is 0 Å². The van der Waals surface area contributed by atoms with Gasteiger partial charge >= 0.3 is 0 Å². The Labute approximate surface area is 181 Å². The third-order valence-corrected chi connectivity index (χ3v) is 5.20. The van der Waals surface area contributed by atoms with Crippen molar-refractivity contribution >= 4 is 34.5 Å². The fourth-order valence-electron chi connectivity index (χ4n) is 3.56. The Morgan fingerprint density at radius 3 is 2.58 bits per heavy atom. The van der Waals surface area contributed by atoms with E-state index in [0.717, 1.165) is 34.2 Å². The number of nitrogens with one attached hydrogen (secondary N) is 1. The lowest BCUT2D eigenvalue weighted by Crippen LogP contribution is -2.37. The molecule has 0 aliphatic carbocycles. The van der Waals surface area contributed by atoms with Crippen LogP contribution in [0, 0.1) is 5.92 Å². The van der Waals surface area contributed by atoms with Gasteiger partial charge in [0.05, 0.1) is 18.5 Å². The number of carbonyl (C=O) groups is 2. The number of ether oxygens (including phenoxy) is 1. The van der Waals surface area contributed by atoms with Crippen LogP contribution in [0.25, 0.3) is 10.8 Å². The predicted octanol–water partition coefficient (Wildman–Crippen LogP) is 4.38. The van der Waals surface area contributed by atoms with Crippen LogP contribution in [0.15, 0.2) is 65.8 Å². The lowest BCUT2D eigenvalue weighted by atomic mass is 10.1. The summed E-state index contributed by atoms with van der Waals surface area (Å²) in [6.07, 6.45) is 2.57. The van der Waals surface area contributed by atoms with Crippen molar-refractivity contribution in [3.8, 4) is 5.75 Å². The van der Waals surface area contributed by atoms with E-state index in [0.29, 0.717) is 18.1 Å². The topological polar surface area (TPSA) is 71.0 Å². The molecule has 1 N–H and O–H groups in total. The minimum absolute atomic E-state index is 0.0907. The fraction of sp³-hybridized carbons (Fsp3) is 0.240. The van der Waals surface area contributed by atoms with Crippen molar-refractivity contribution in [2.75, 3.05) is 18.1 Å². The van der Waals surface area contributed by atoms with Gasteiger partial charge in [0, 0.05) is 10.9 Å². The Bertz CT molecular complexity index is 1130. The monoisotopic (exact) mass is 415 g/mol. The van der Waals surface area contributed by atoms with Crippen LogP contribution in [-0.2, 0) is 4.79 Å². The van der Waals surface area contributed by atoms with Gasteiger partial charge in [-0.15, -0.1) is 0 Å². The largest absolute Gasteiger partial charge is 0.494 e. The maximum Gasteiger partial charge on any atom is 0.260 e. The third-order valence-electron chi connectivity index (χ3n) is 5.20. The average molecular weight is 415 g/mol. The number of amides is 2. The molecule has 4 rings (SSSR count). The van der Waals surface area contributed by atoms with Gasteiger partial charge in [-0.1, -0.05) is 38.1 Å². The highest BCUT2D eigenvalue weighted by Gasteiger charge is 2.30. The van der Waals surface area contributed by atoms with Gasteiger partial charge in [0.2, 0.25) is 0 Å². The van der Waals surface area contributed by atoms with Crippen LogP contribution in [0.5, 0.6) is 5.75 Å². The first-order chi connectivity index (χ1) is 15.0. The van der Waals surface area contributed by atoms with Gasteiger partial charge in [-0.2, -0.15) is 5.10 Å². The van der Waals surface area contributed by atoms with Gasteiger partial charge in [-0.05, 0) is 59.7 Å². The molecule has 0 radical (unpaired) electrons. The second kappa shape index (κ2) is 9.00. The maximum absolute atomic E-state index is 12.7. The van der Waals surface area contributed by atoms with E-state index in [1.807, 2.05) is 54.6 Å². The Hall–Kier alpha value is -3.67. The van der Waals surface area contributed by atoms with E-state index < -0.39 is 0 Å². The molecule has 31 heavy (non-hydrogen) atoms. The number of benzene rings is 3. The number of anilines is 1. The molecule has 1 aliphatic heterocycles. The second-order valence-corrected chi connectivity index (χ2v) is 7.97. The molecule has 6 heteroatoms. The second-order valence-electron chi connectivity index (χ2n) is 7.97. The molecule has 0 saturated carbocycles. The van der Waals surface area contributed by atoms with E-state index in [1.54, 1.807) is 12.3 Å². The van der Waals surface area contributed by atoms with E-state index in [9.17, 15) is 9.59 Å². The molecule has 0 bridgehead atoms. The van der Waals surface area contributed by atoms with Gasteiger partial charge in [0.25, 0.3) is 11.8 Å². The van der Waals surface area contributed by atoms with Crippen molar-refractivity contribution in [1.82, 2.24) is 5.43 Å². The molecule has 0 fully saturated rings. The Kier molecular flexibility index (Phi) is 5.98. The number of hydrazone groups is 1. The Morgan fingerprint density at radius 2 is 1.84 bits per heavy atom. The first-order valence-corrected chi connectivity index (χ1v) is 10.4. The lowest BCUT2D eigenvalue weighted by molar-refractivity contribution is -0.119. The molecule has 0 atom stereocenters. The number of hydrogen-bond acceptors (Lipinski definition) is 4. The highest BCUT2D eigenvalue weighted by molar-refractivity contribution is 6.26. The van der Waals surface area contributed by atoms with Gasteiger partial charge in [-0.25, -0.2) is 5.43 Å². The first-order valence-electron chi connectivity index (χ1n) is 10.4. The number of rotatable bonds is 8. The molecule has 158 valence electrons.